The topological polar surface area (TPSA) is 71.3 Å². The molecule has 0 radical (unpaired) electrons. The molecular formula is C30H26N2O3. The van der Waals surface area contributed by atoms with E-state index in [1.165, 1.54) is 5.56 Å². The van der Waals surface area contributed by atoms with Crippen molar-refractivity contribution in [2.24, 2.45) is 0 Å². The van der Waals surface area contributed by atoms with Gasteiger partial charge in [-0.25, -0.2) is 4.79 Å². The maximum Gasteiger partial charge on any atom is 0.417 e. The third kappa shape index (κ3) is 6.07. The van der Waals surface area contributed by atoms with Crippen molar-refractivity contribution in [3.05, 3.63) is 125 Å². The molecule has 5 heteroatoms. The molecule has 0 aliphatic rings. The Labute approximate surface area is 205 Å². The largest absolute Gasteiger partial charge is 0.417 e. The molecule has 0 saturated heterocycles. The van der Waals surface area contributed by atoms with E-state index in [1.54, 1.807) is 18.4 Å². The molecule has 0 aromatic heterocycles. The molecule has 174 valence electrons. The number of nitrogens with zero attached hydrogens (tertiary/aromatic N) is 1. The molecule has 5 nitrogen and oxygen atoms in total. The Morgan fingerprint density at radius 3 is 1.91 bits per heavy atom. The summed E-state index contributed by atoms with van der Waals surface area (Å²) in [5, 5.41) is 11.3. The summed E-state index contributed by atoms with van der Waals surface area (Å²) in [6.07, 6.45) is 1.84. The van der Waals surface area contributed by atoms with Gasteiger partial charge in [0.1, 0.15) is 11.5 Å². The summed E-state index contributed by atoms with van der Waals surface area (Å²) in [6, 6.07) is 32.9. The molecule has 1 N–H and O–H groups in total. The molecule has 0 aliphatic carbocycles. The van der Waals surface area contributed by atoms with Crippen molar-refractivity contribution < 1.29 is 14.3 Å². The van der Waals surface area contributed by atoms with Gasteiger partial charge in [0, 0.05) is 11.1 Å². The van der Waals surface area contributed by atoms with Gasteiger partial charge in [-0.3, -0.25) is 5.32 Å². The fourth-order valence-corrected chi connectivity index (χ4v) is 3.88. The van der Waals surface area contributed by atoms with Gasteiger partial charge in [-0.1, -0.05) is 80.6 Å². The third-order valence-electron chi connectivity index (χ3n) is 5.98. The van der Waals surface area contributed by atoms with Crippen LogP contribution in [0.3, 0.4) is 0 Å². The number of ether oxygens (including phenoxy) is 2. The van der Waals surface area contributed by atoms with Crippen molar-refractivity contribution in [1.29, 1.82) is 5.26 Å². The molecule has 0 unspecified atom stereocenters. The Balaban J connectivity index is 1.32. The SMILES string of the molecule is CC(C)(c1ccccc1)c1ccc(OC(=O)Nc2ccc(Cc3ccc(OC#N)cc3)cc2)cc1. The second kappa shape index (κ2) is 10.6. The van der Waals surface area contributed by atoms with Crippen molar-refractivity contribution in [3.63, 3.8) is 0 Å². The second-order valence-electron chi connectivity index (χ2n) is 8.74. The lowest BCUT2D eigenvalue weighted by Crippen LogP contribution is -2.19. The fourth-order valence-electron chi connectivity index (χ4n) is 3.88. The quantitative estimate of drug-likeness (QED) is 0.298. The number of hydrogen-bond acceptors (Lipinski definition) is 4. The highest BCUT2D eigenvalue weighted by molar-refractivity contribution is 5.86. The maximum atomic E-state index is 12.4. The van der Waals surface area contributed by atoms with Gasteiger partial charge >= 0.3 is 6.09 Å². The van der Waals surface area contributed by atoms with Gasteiger partial charge in [-0.15, -0.1) is 5.26 Å². The number of carbonyl (C=O) groups is 1. The summed E-state index contributed by atoms with van der Waals surface area (Å²) in [7, 11) is 0. The molecule has 0 saturated carbocycles. The molecule has 1 amide bonds. The summed E-state index contributed by atoms with van der Waals surface area (Å²) in [5.74, 6) is 0.999. The van der Waals surface area contributed by atoms with Gasteiger partial charge in [0.15, 0.2) is 0 Å². The highest BCUT2D eigenvalue weighted by Crippen LogP contribution is 2.32. The van der Waals surface area contributed by atoms with E-state index in [2.05, 4.69) is 31.3 Å². The fraction of sp³-hybridized carbons (Fsp3) is 0.133. The number of carbonyl (C=O) groups excluding carboxylic acids is 1. The van der Waals surface area contributed by atoms with E-state index in [9.17, 15) is 4.79 Å². The number of rotatable bonds is 7. The van der Waals surface area contributed by atoms with Crippen LogP contribution in [0, 0.1) is 11.5 Å². The normalized spacial score (nSPS) is 10.8. The van der Waals surface area contributed by atoms with Gasteiger partial charge in [0.05, 0.1) is 0 Å². The van der Waals surface area contributed by atoms with E-state index in [4.69, 9.17) is 14.7 Å². The van der Waals surface area contributed by atoms with Gasteiger partial charge in [-0.05, 0) is 65.1 Å². The zero-order valence-electron chi connectivity index (χ0n) is 19.7. The lowest BCUT2D eigenvalue weighted by molar-refractivity contribution is 0.215. The highest BCUT2D eigenvalue weighted by atomic mass is 16.6. The van der Waals surface area contributed by atoms with E-state index in [0.717, 1.165) is 23.1 Å². The minimum atomic E-state index is -0.541. The monoisotopic (exact) mass is 462 g/mol. The molecule has 4 aromatic rings. The van der Waals surface area contributed by atoms with Gasteiger partial charge in [0.2, 0.25) is 0 Å². The first-order chi connectivity index (χ1) is 16.9. The van der Waals surface area contributed by atoms with Crippen LogP contribution in [0.4, 0.5) is 10.5 Å². The number of amides is 1. The zero-order valence-corrected chi connectivity index (χ0v) is 19.7. The first-order valence-corrected chi connectivity index (χ1v) is 11.3. The Bertz CT molecular complexity index is 1310. The molecule has 0 heterocycles. The van der Waals surface area contributed by atoms with Crippen LogP contribution in [0.1, 0.15) is 36.1 Å². The predicted octanol–water partition coefficient (Wildman–Crippen LogP) is 7.07. The van der Waals surface area contributed by atoms with E-state index in [1.807, 2.05) is 78.9 Å². The zero-order chi connectivity index (χ0) is 24.7. The van der Waals surface area contributed by atoms with E-state index >= 15 is 0 Å². The molecule has 0 aliphatic heterocycles. The number of nitriles is 1. The minimum Gasteiger partial charge on any atom is -0.410 e. The van der Waals surface area contributed by atoms with Crippen LogP contribution in [0.2, 0.25) is 0 Å². The Morgan fingerprint density at radius 1 is 0.771 bits per heavy atom. The Hall–Kier alpha value is -4.56. The number of hydrogen-bond donors (Lipinski definition) is 1. The molecule has 0 fully saturated rings. The number of anilines is 1. The average molecular weight is 463 g/mol. The first kappa shape index (κ1) is 23.6. The molecular weight excluding hydrogens is 436 g/mol. The van der Waals surface area contributed by atoms with Crippen molar-refractivity contribution in [2.45, 2.75) is 25.7 Å². The minimum absolute atomic E-state index is 0.157. The van der Waals surface area contributed by atoms with Gasteiger partial charge in [0.25, 0.3) is 6.26 Å². The van der Waals surface area contributed by atoms with E-state index < -0.39 is 6.09 Å². The van der Waals surface area contributed by atoms with Crippen molar-refractivity contribution in [2.75, 3.05) is 5.32 Å². The first-order valence-electron chi connectivity index (χ1n) is 11.3. The predicted molar refractivity (Wildman–Crippen MR) is 137 cm³/mol. The lowest BCUT2D eigenvalue weighted by atomic mass is 9.78. The third-order valence-corrected chi connectivity index (χ3v) is 5.98. The van der Waals surface area contributed by atoms with Gasteiger partial charge < -0.3 is 9.47 Å². The maximum absolute atomic E-state index is 12.4. The van der Waals surface area contributed by atoms with E-state index in [-0.39, 0.29) is 5.41 Å². The van der Waals surface area contributed by atoms with Crippen molar-refractivity contribution in [3.8, 4) is 17.8 Å². The summed E-state index contributed by atoms with van der Waals surface area (Å²) in [6.45, 7) is 4.35. The van der Waals surface area contributed by atoms with Crippen molar-refractivity contribution in [1.82, 2.24) is 0 Å². The lowest BCUT2D eigenvalue weighted by Gasteiger charge is -2.26. The summed E-state index contributed by atoms with van der Waals surface area (Å²) in [4.78, 5) is 12.4. The molecule has 4 rings (SSSR count). The van der Waals surface area contributed by atoms with Crippen LogP contribution in [0.15, 0.2) is 103 Å². The van der Waals surface area contributed by atoms with Crippen molar-refractivity contribution >= 4 is 11.8 Å². The van der Waals surface area contributed by atoms with Crippen LogP contribution >= 0.6 is 0 Å². The van der Waals surface area contributed by atoms with Crippen LogP contribution in [0.5, 0.6) is 11.5 Å². The number of benzene rings is 4. The summed E-state index contributed by atoms with van der Waals surface area (Å²) >= 11 is 0. The standard InChI is InChI=1S/C30H26N2O3/c1-30(2,24-6-4-3-5-7-24)25-12-18-28(19-13-25)35-29(33)32-26-14-8-22(9-15-26)20-23-10-16-27(17-11-23)34-21-31/h3-19H,20H2,1-2H3,(H,32,33). The van der Waals surface area contributed by atoms with Crippen LogP contribution in [-0.4, -0.2) is 6.09 Å². The molecule has 0 spiro atoms. The molecule has 35 heavy (non-hydrogen) atoms. The molecule has 4 aromatic carbocycles. The summed E-state index contributed by atoms with van der Waals surface area (Å²) in [5.41, 5.74) is 5.04. The van der Waals surface area contributed by atoms with Crippen LogP contribution in [-0.2, 0) is 11.8 Å². The van der Waals surface area contributed by atoms with Gasteiger partial charge in [-0.2, -0.15) is 0 Å². The number of nitrogens with one attached hydrogen (secondary N) is 1. The Morgan fingerprint density at radius 2 is 1.31 bits per heavy atom. The average Bonchev–Trinajstić information content (AvgIpc) is 2.87. The van der Waals surface area contributed by atoms with Crippen LogP contribution in [0.25, 0.3) is 0 Å². The van der Waals surface area contributed by atoms with E-state index in [0.29, 0.717) is 17.2 Å². The molecule has 0 bridgehead atoms. The smallest absolute Gasteiger partial charge is 0.410 e. The molecule has 0 atom stereocenters. The van der Waals surface area contributed by atoms with Crippen LogP contribution < -0.4 is 14.8 Å². The summed E-state index contributed by atoms with van der Waals surface area (Å²) < 4.78 is 10.3. The second-order valence-corrected chi connectivity index (χ2v) is 8.74. The Kier molecular flexibility index (Phi) is 7.13. The highest BCUT2D eigenvalue weighted by Gasteiger charge is 2.22.